The van der Waals surface area contributed by atoms with Gasteiger partial charge in [0.2, 0.25) is 5.78 Å². The van der Waals surface area contributed by atoms with Crippen LogP contribution in [0.1, 0.15) is 44.6 Å². The minimum absolute atomic E-state index is 0.172. The summed E-state index contributed by atoms with van der Waals surface area (Å²) >= 11 is 0. The van der Waals surface area contributed by atoms with Crippen molar-refractivity contribution in [2.45, 2.75) is 20.8 Å². The zero-order valence-corrected chi connectivity index (χ0v) is 13.8. The van der Waals surface area contributed by atoms with Crippen molar-refractivity contribution >= 4 is 11.8 Å². The van der Waals surface area contributed by atoms with E-state index >= 15 is 0 Å². The van der Waals surface area contributed by atoms with Gasteiger partial charge >= 0.3 is 5.97 Å². The van der Waals surface area contributed by atoms with E-state index < -0.39 is 5.97 Å². The maximum absolute atomic E-state index is 12.3. The molecule has 0 spiro atoms. The van der Waals surface area contributed by atoms with Crippen LogP contribution >= 0.6 is 0 Å². The van der Waals surface area contributed by atoms with Gasteiger partial charge in [-0.2, -0.15) is 5.26 Å². The lowest BCUT2D eigenvalue weighted by Gasteiger charge is -2.05. The van der Waals surface area contributed by atoms with E-state index in [0.29, 0.717) is 33.8 Å². The number of aryl methyl sites for hydroxylation is 1. The van der Waals surface area contributed by atoms with Crippen molar-refractivity contribution in [1.29, 1.82) is 5.26 Å². The molecule has 0 unspecified atom stereocenters. The number of nitrogens with one attached hydrogen (secondary N) is 1. The molecule has 1 aromatic carbocycles. The second-order valence-electron chi connectivity index (χ2n) is 5.19. The van der Waals surface area contributed by atoms with Gasteiger partial charge in [-0.1, -0.05) is 0 Å². The van der Waals surface area contributed by atoms with Crippen LogP contribution in [-0.2, 0) is 4.74 Å². The number of carbonyl (C=O) groups excluding carboxylic acids is 2. The zero-order valence-electron chi connectivity index (χ0n) is 13.8. The molecule has 0 fully saturated rings. The van der Waals surface area contributed by atoms with Gasteiger partial charge in [-0.3, -0.25) is 4.79 Å². The number of rotatable bonds is 6. The minimum atomic E-state index is -0.448. The van der Waals surface area contributed by atoms with Gasteiger partial charge in [0.05, 0.1) is 29.5 Å². The molecule has 0 saturated carbocycles. The van der Waals surface area contributed by atoms with Crippen LogP contribution in [0.15, 0.2) is 24.3 Å². The largest absolute Gasteiger partial charge is 0.485 e. The Morgan fingerprint density at radius 2 is 1.88 bits per heavy atom. The van der Waals surface area contributed by atoms with Gasteiger partial charge in [0, 0.05) is 5.69 Å². The van der Waals surface area contributed by atoms with E-state index in [2.05, 4.69) is 4.98 Å². The van der Waals surface area contributed by atoms with Crippen molar-refractivity contribution in [2.75, 3.05) is 13.2 Å². The number of esters is 1. The number of ether oxygens (including phenoxy) is 2. The normalized spacial score (nSPS) is 10.1. The highest BCUT2D eigenvalue weighted by Crippen LogP contribution is 2.20. The van der Waals surface area contributed by atoms with Gasteiger partial charge in [-0.15, -0.1) is 0 Å². The highest BCUT2D eigenvalue weighted by molar-refractivity contribution is 6.02. The van der Waals surface area contributed by atoms with E-state index in [-0.39, 0.29) is 19.0 Å². The Morgan fingerprint density at radius 1 is 1.21 bits per heavy atom. The van der Waals surface area contributed by atoms with Gasteiger partial charge in [0.15, 0.2) is 6.61 Å². The van der Waals surface area contributed by atoms with Crippen LogP contribution in [0.3, 0.4) is 0 Å². The second-order valence-corrected chi connectivity index (χ2v) is 5.19. The average molecular weight is 326 g/mol. The lowest BCUT2D eigenvalue weighted by molar-refractivity contribution is 0.0525. The number of nitriles is 1. The van der Waals surface area contributed by atoms with Crippen LogP contribution in [0, 0.1) is 25.2 Å². The average Bonchev–Trinajstić information content (AvgIpc) is 2.88. The summed E-state index contributed by atoms with van der Waals surface area (Å²) < 4.78 is 10.4. The Kier molecular flexibility index (Phi) is 5.38. The van der Waals surface area contributed by atoms with Crippen LogP contribution in [0.5, 0.6) is 5.75 Å². The molecule has 0 radical (unpaired) electrons. The first-order valence-electron chi connectivity index (χ1n) is 7.50. The second kappa shape index (κ2) is 7.47. The molecule has 124 valence electrons. The van der Waals surface area contributed by atoms with E-state index in [1.54, 1.807) is 45.0 Å². The first-order chi connectivity index (χ1) is 11.5. The number of aromatic nitrogens is 1. The number of H-pyrrole nitrogens is 1. The summed E-state index contributed by atoms with van der Waals surface area (Å²) in [6, 6.07) is 8.49. The first kappa shape index (κ1) is 17.3. The summed E-state index contributed by atoms with van der Waals surface area (Å²) in [5, 5.41) is 8.75. The number of hydrogen-bond acceptors (Lipinski definition) is 5. The Hall–Kier alpha value is -3.07. The number of aromatic amines is 1. The summed E-state index contributed by atoms with van der Waals surface area (Å²) in [7, 11) is 0. The van der Waals surface area contributed by atoms with Crippen molar-refractivity contribution in [1.82, 2.24) is 4.98 Å². The molecule has 0 atom stereocenters. The molecule has 0 amide bonds. The van der Waals surface area contributed by atoms with E-state index in [1.165, 1.54) is 0 Å². The molecular formula is C18H18N2O4. The number of benzene rings is 1. The fraction of sp³-hybridized carbons (Fsp3) is 0.278. The monoisotopic (exact) mass is 326 g/mol. The number of hydrogen-bond donors (Lipinski definition) is 1. The van der Waals surface area contributed by atoms with Crippen molar-refractivity contribution in [3.63, 3.8) is 0 Å². The molecule has 2 rings (SSSR count). The van der Waals surface area contributed by atoms with Crippen LogP contribution in [0.2, 0.25) is 0 Å². The maximum atomic E-state index is 12.3. The maximum Gasteiger partial charge on any atom is 0.340 e. The lowest BCUT2D eigenvalue weighted by atomic mass is 10.1. The van der Waals surface area contributed by atoms with Crippen LogP contribution in [-0.4, -0.2) is 30.0 Å². The molecule has 2 aromatic rings. The summed E-state index contributed by atoms with van der Waals surface area (Å²) in [5.74, 6) is -0.222. The third-order valence-electron chi connectivity index (χ3n) is 3.55. The topological polar surface area (TPSA) is 92.2 Å². The van der Waals surface area contributed by atoms with E-state index in [1.807, 2.05) is 6.07 Å². The number of nitrogens with zero attached hydrogens (tertiary/aromatic N) is 1. The summed E-state index contributed by atoms with van der Waals surface area (Å²) in [4.78, 5) is 27.2. The molecule has 6 heteroatoms. The Labute approximate surface area is 140 Å². The molecule has 1 aromatic heterocycles. The first-order valence-corrected chi connectivity index (χ1v) is 7.50. The fourth-order valence-electron chi connectivity index (χ4n) is 2.39. The smallest absolute Gasteiger partial charge is 0.340 e. The molecule has 0 saturated heterocycles. The third-order valence-corrected chi connectivity index (χ3v) is 3.55. The Morgan fingerprint density at radius 3 is 2.46 bits per heavy atom. The number of Topliss-reactive ketones (excluding diaryl/α,β-unsaturated/α-hetero) is 1. The van der Waals surface area contributed by atoms with Gasteiger partial charge in [-0.05, 0) is 50.6 Å². The molecule has 0 aliphatic heterocycles. The van der Waals surface area contributed by atoms with Crippen molar-refractivity contribution in [3.05, 3.63) is 52.3 Å². The zero-order chi connectivity index (χ0) is 17.7. The predicted molar refractivity (Wildman–Crippen MR) is 87.2 cm³/mol. The lowest BCUT2D eigenvalue weighted by Crippen LogP contribution is -2.13. The minimum Gasteiger partial charge on any atom is -0.485 e. The van der Waals surface area contributed by atoms with Crippen LogP contribution in [0.4, 0.5) is 0 Å². The highest BCUT2D eigenvalue weighted by atomic mass is 16.5. The standard InChI is InChI=1S/C18H18N2O4/c1-4-23-18(22)16-11(2)17(20-12(16)3)15(21)10-24-14-7-5-13(9-19)6-8-14/h5-8,20H,4,10H2,1-3H3. The molecule has 0 bridgehead atoms. The summed E-state index contributed by atoms with van der Waals surface area (Å²) in [6.45, 7) is 5.25. The molecule has 1 N–H and O–H groups in total. The van der Waals surface area contributed by atoms with E-state index in [0.717, 1.165) is 0 Å². The van der Waals surface area contributed by atoms with Crippen LogP contribution < -0.4 is 4.74 Å². The highest BCUT2D eigenvalue weighted by Gasteiger charge is 2.22. The molecular weight excluding hydrogens is 308 g/mol. The summed E-state index contributed by atoms with van der Waals surface area (Å²) in [6.07, 6.45) is 0. The number of carbonyl (C=O) groups is 2. The van der Waals surface area contributed by atoms with E-state index in [9.17, 15) is 9.59 Å². The van der Waals surface area contributed by atoms with Crippen molar-refractivity contribution in [3.8, 4) is 11.8 Å². The van der Waals surface area contributed by atoms with Gasteiger partial charge in [0.1, 0.15) is 5.75 Å². The molecule has 0 aliphatic rings. The Bertz CT molecular complexity index is 798. The summed E-state index contributed by atoms with van der Waals surface area (Å²) in [5.41, 5.74) is 2.39. The SMILES string of the molecule is CCOC(=O)c1c(C)[nH]c(C(=O)COc2ccc(C#N)cc2)c1C. The predicted octanol–water partition coefficient (Wildman–Crippen LogP) is 2.94. The van der Waals surface area contributed by atoms with Crippen molar-refractivity contribution in [2.24, 2.45) is 0 Å². The Balaban J connectivity index is 2.11. The quantitative estimate of drug-likeness (QED) is 0.651. The van der Waals surface area contributed by atoms with Gasteiger partial charge < -0.3 is 14.5 Å². The number of ketones is 1. The van der Waals surface area contributed by atoms with Gasteiger partial charge in [-0.25, -0.2) is 4.79 Å². The van der Waals surface area contributed by atoms with Gasteiger partial charge in [0.25, 0.3) is 0 Å². The molecule has 6 nitrogen and oxygen atoms in total. The van der Waals surface area contributed by atoms with E-state index in [4.69, 9.17) is 14.7 Å². The third kappa shape index (κ3) is 3.63. The molecule has 24 heavy (non-hydrogen) atoms. The van der Waals surface area contributed by atoms with Crippen LogP contribution in [0.25, 0.3) is 0 Å². The molecule has 1 heterocycles. The fourth-order valence-corrected chi connectivity index (χ4v) is 2.39. The molecule has 0 aliphatic carbocycles. The van der Waals surface area contributed by atoms with Crippen molar-refractivity contribution < 1.29 is 19.1 Å².